The second-order valence-electron chi connectivity index (χ2n) is 7.19. The van der Waals surface area contributed by atoms with Gasteiger partial charge in [-0.05, 0) is 56.8 Å². The van der Waals surface area contributed by atoms with Crippen LogP contribution in [0.3, 0.4) is 0 Å². The van der Waals surface area contributed by atoms with E-state index in [1.165, 1.54) is 58.3 Å². The summed E-state index contributed by atoms with van der Waals surface area (Å²) in [6.07, 6.45) is 6.41. The number of hydrogen-bond donors (Lipinski definition) is 1. The Kier molecular flexibility index (Phi) is 11.5. The zero-order chi connectivity index (χ0) is 15.4. The molecule has 2 nitrogen and oxygen atoms in total. The first kappa shape index (κ1) is 19.9. The van der Waals surface area contributed by atoms with Gasteiger partial charge < -0.3 is 10.2 Å². The molecule has 0 aliphatic heterocycles. The third kappa shape index (κ3) is 10.7. The predicted molar refractivity (Wildman–Crippen MR) is 92.4 cm³/mol. The van der Waals surface area contributed by atoms with Crippen molar-refractivity contribution in [2.45, 2.75) is 73.6 Å². The fraction of sp³-hybridized carbons (Fsp3) is 1.00. The van der Waals surface area contributed by atoms with Crippen LogP contribution in [0.15, 0.2) is 0 Å². The Bertz CT molecular complexity index is 213. The number of nitrogens with one attached hydrogen (secondary N) is 1. The van der Waals surface area contributed by atoms with Gasteiger partial charge in [-0.1, -0.05) is 54.4 Å². The van der Waals surface area contributed by atoms with Crippen LogP contribution in [-0.4, -0.2) is 37.6 Å². The summed E-state index contributed by atoms with van der Waals surface area (Å²) in [5.41, 5.74) is 0.494. The van der Waals surface area contributed by atoms with E-state index in [9.17, 15) is 0 Å². The highest BCUT2D eigenvalue weighted by atomic mass is 15.1. The Morgan fingerprint density at radius 2 is 1.75 bits per heavy atom. The normalized spacial score (nSPS) is 13.9. The highest BCUT2D eigenvalue weighted by Crippen LogP contribution is 2.24. The minimum atomic E-state index is 0.494. The van der Waals surface area contributed by atoms with Crippen molar-refractivity contribution in [1.82, 2.24) is 10.2 Å². The zero-order valence-electron chi connectivity index (χ0n) is 15.1. The zero-order valence-corrected chi connectivity index (χ0v) is 15.1. The van der Waals surface area contributed by atoms with E-state index >= 15 is 0 Å². The molecule has 0 aromatic carbocycles. The van der Waals surface area contributed by atoms with E-state index in [4.69, 9.17) is 0 Å². The average Bonchev–Trinajstić information content (AvgIpc) is 2.44. The molecule has 0 spiro atoms. The van der Waals surface area contributed by atoms with E-state index in [0.717, 1.165) is 12.5 Å². The quantitative estimate of drug-likeness (QED) is 0.499. The van der Waals surface area contributed by atoms with E-state index in [0.29, 0.717) is 5.41 Å². The van der Waals surface area contributed by atoms with Crippen LogP contribution in [0.5, 0.6) is 0 Å². The van der Waals surface area contributed by atoms with Gasteiger partial charge in [-0.3, -0.25) is 0 Å². The van der Waals surface area contributed by atoms with E-state index in [-0.39, 0.29) is 0 Å². The fourth-order valence-electron chi connectivity index (χ4n) is 2.23. The summed E-state index contributed by atoms with van der Waals surface area (Å²) in [5.74, 6) is 0.823. The molecule has 1 N–H and O–H groups in total. The lowest BCUT2D eigenvalue weighted by Crippen LogP contribution is -2.34. The number of hydrogen-bond acceptors (Lipinski definition) is 2. The molecule has 0 radical (unpaired) electrons. The lowest BCUT2D eigenvalue weighted by molar-refractivity contribution is 0.189. The standard InChI is InChI=1S/C18H40N2/c1-7-12-19-13-10-14-20(16-17(4)8-2)15-11-18(5,6)9-3/h17,19H,7-16H2,1-6H3. The van der Waals surface area contributed by atoms with Crippen molar-refractivity contribution in [3.63, 3.8) is 0 Å². The first-order valence-corrected chi connectivity index (χ1v) is 8.88. The highest BCUT2D eigenvalue weighted by Gasteiger charge is 2.17. The molecule has 2 heteroatoms. The van der Waals surface area contributed by atoms with E-state index in [1.807, 2.05) is 0 Å². The predicted octanol–water partition coefficient (Wildman–Crippen LogP) is 4.55. The third-order valence-corrected chi connectivity index (χ3v) is 4.58. The molecule has 0 amide bonds. The second kappa shape index (κ2) is 11.6. The maximum Gasteiger partial charge on any atom is 0.000693 e. The van der Waals surface area contributed by atoms with Crippen molar-refractivity contribution < 1.29 is 0 Å². The maximum absolute atomic E-state index is 3.51. The van der Waals surface area contributed by atoms with Crippen LogP contribution in [0.1, 0.15) is 73.6 Å². The van der Waals surface area contributed by atoms with Crippen LogP contribution in [-0.2, 0) is 0 Å². The van der Waals surface area contributed by atoms with Gasteiger partial charge in [0.15, 0.2) is 0 Å². The van der Waals surface area contributed by atoms with Gasteiger partial charge in [0.25, 0.3) is 0 Å². The summed E-state index contributed by atoms with van der Waals surface area (Å²) in [6.45, 7) is 20.1. The lowest BCUT2D eigenvalue weighted by Gasteiger charge is -2.30. The SMILES string of the molecule is CCCNCCCN(CCC(C)(C)CC)CC(C)CC. The number of rotatable bonds is 13. The molecule has 0 aliphatic carbocycles. The summed E-state index contributed by atoms with van der Waals surface area (Å²) in [6, 6.07) is 0. The minimum Gasteiger partial charge on any atom is -0.317 e. The summed E-state index contributed by atoms with van der Waals surface area (Å²) in [7, 11) is 0. The lowest BCUT2D eigenvalue weighted by atomic mass is 9.86. The molecule has 0 aromatic rings. The second-order valence-corrected chi connectivity index (χ2v) is 7.19. The van der Waals surface area contributed by atoms with E-state index in [1.54, 1.807) is 0 Å². The summed E-state index contributed by atoms with van der Waals surface area (Å²) in [4.78, 5) is 2.69. The average molecular weight is 285 g/mol. The van der Waals surface area contributed by atoms with E-state index < -0.39 is 0 Å². The van der Waals surface area contributed by atoms with Crippen LogP contribution in [0.2, 0.25) is 0 Å². The first-order chi connectivity index (χ1) is 9.45. The molecule has 0 heterocycles. The molecule has 0 rings (SSSR count). The van der Waals surface area contributed by atoms with Crippen LogP contribution in [0, 0.1) is 11.3 Å². The third-order valence-electron chi connectivity index (χ3n) is 4.58. The van der Waals surface area contributed by atoms with Gasteiger partial charge in [-0.25, -0.2) is 0 Å². The Hall–Kier alpha value is -0.0800. The summed E-state index contributed by atoms with van der Waals surface area (Å²) in [5, 5.41) is 3.51. The Morgan fingerprint density at radius 3 is 2.30 bits per heavy atom. The van der Waals surface area contributed by atoms with Gasteiger partial charge in [0, 0.05) is 6.54 Å². The van der Waals surface area contributed by atoms with Crippen molar-refractivity contribution in [1.29, 1.82) is 0 Å². The minimum absolute atomic E-state index is 0.494. The van der Waals surface area contributed by atoms with Gasteiger partial charge in [0.1, 0.15) is 0 Å². The smallest absolute Gasteiger partial charge is 0.000693 e. The molecule has 1 atom stereocenters. The van der Waals surface area contributed by atoms with Gasteiger partial charge in [-0.2, -0.15) is 0 Å². The Morgan fingerprint density at radius 1 is 1.05 bits per heavy atom. The molecule has 0 aliphatic rings. The van der Waals surface area contributed by atoms with Crippen LogP contribution < -0.4 is 5.32 Å². The molecule has 122 valence electrons. The molecular formula is C18H40N2. The highest BCUT2D eigenvalue weighted by molar-refractivity contribution is 4.71. The molecule has 1 unspecified atom stereocenters. The summed E-state index contributed by atoms with van der Waals surface area (Å²) >= 11 is 0. The molecule has 20 heavy (non-hydrogen) atoms. The van der Waals surface area contributed by atoms with Gasteiger partial charge >= 0.3 is 0 Å². The van der Waals surface area contributed by atoms with Crippen molar-refractivity contribution in [3.05, 3.63) is 0 Å². The van der Waals surface area contributed by atoms with Crippen molar-refractivity contribution in [3.8, 4) is 0 Å². The first-order valence-electron chi connectivity index (χ1n) is 8.88. The van der Waals surface area contributed by atoms with Crippen molar-refractivity contribution in [2.24, 2.45) is 11.3 Å². The van der Waals surface area contributed by atoms with Gasteiger partial charge in [-0.15, -0.1) is 0 Å². The Balaban J connectivity index is 4.06. The van der Waals surface area contributed by atoms with E-state index in [2.05, 4.69) is 51.8 Å². The maximum atomic E-state index is 3.51. The monoisotopic (exact) mass is 284 g/mol. The van der Waals surface area contributed by atoms with Crippen LogP contribution in [0.25, 0.3) is 0 Å². The Labute approximate surface area is 128 Å². The molecule has 0 saturated heterocycles. The van der Waals surface area contributed by atoms with Gasteiger partial charge in [0.05, 0.1) is 0 Å². The summed E-state index contributed by atoms with van der Waals surface area (Å²) < 4.78 is 0. The largest absolute Gasteiger partial charge is 0.317 e. The molecule has 0 fully saturated rings. The molecule has 0 bridgehead atoms. The number of nitrogens with zero attached hydrogens (tertiary/aromatic N) is 1. The van der Waals surface area contributed by atoms with Crippen LogP contribution in [0.4, 0.5) is 0 Å². The fourth-order valence-corrected chi connectivity index (χ4v) is 2.23. The van der Waals surface area contributed by atoms with Crippen molar-refractivity contribution >= 4 is 0 Å². The molecule has 0 saturated carbocycles. The van der Waals surface area contributed by atoms with Gasteiger partial charge in [0.2, 0.25) is 0 Å². The molecule has 0 aromatic heterocycles. The molecular weight excluding hydrogens is 244 g/mol. The topological polar surface area (TPSA) is 15.3 Å². The van der Waals surface area contributed by atoms with Crippen LogP contribution >= 0.6 is 0 Å². The van der Waals surface area contributed by atoms with Crippen molar-refractivity contribution in [2.75, 3.05) is 32.7 Å².